The Morgan fingerprint density at radius 3 is 2.35 bits per heavy atom. The maximum atomic E-state index is 13.3. The summed E-state index contributed by atoms with van der Waals surface area (Å²) >= 11 is 12.7. The quantitative estimate of drug-likeness (QED) is 0.611. The van der Waals surface area contributed by atoms with Gasteiger partial charge in [-0.1, -0.05) is 67.2 Å². The molecule has 2 heterocycles. The maximum Gasteiger partial charge on any atom is 0.282 e. The molecule has 2 atom stereocenters. The van der Waals surface area contributed by atoms with Gasteiger partial charge in [-0.2, -0.15) is 5.10 Å². The molecule has 0 spiro atoms. The summed E-state index contributed by atoms with van der Waals surface area (Å²) in [5.74, 6) is -0.188. The molecule has 1 N–H and O–H groups in total. The lowest BCUT2D eigenvalue weighted by Crippen LogP contribution is -2.47. The predicted molar refractivity (Wildman–Crippen MR) is 128 cm³/mol. The Labute approximate surface area is 194 Å². The van der Waals surface area contributed by atoms with Gasteiger partial charge in [-0.3, -0.25) is 15.2 Å². The lowest BCUT2D eigenvalue weighted by atomic mass is 9.87. The second-order valence-electron chi connectivity index (χ2n) is 8.13. The van der Waals surface area contributed by atoms with Crippen LogP contribution in [0, 0.1) is 5.92 Å². The van der Waals surface area contributed by atoms with Crippen LogP contribution in [0.5, 0.6) is 0 Å². The van der Waals surface area contributed by atoms with Crippen LogP contribution in [0.3, 0.4) is 0 Å². The minimum absolute atomic E-state index is 0.0653. The zero-order chi connectivity index (χ0) is 21.8. The minimum Gasteiger partial charge on any atom is -0.284 e. The molecular formula is C24H28Cl2N4O. The van der Waals surface area contributed by atoms with Crippen LogP contribution in [0.4, 0.5) is 5.69 Å². The van der Waals surface area contributed by atoms with Gasteiger partial charge in [0.15, 0.2) is 0 Å². The fourth-order valence-electron chi connectivity index (χ4n) is 4.46. The van der Waals surface area contributed by atoms with Crippen LogP contribution in [0.25, 0.3) is 0 Å². The molecule has 0 radical (unpaired) electrons. The first-order valence-corrected chi connectivity index (χ1v) is 11.8. The number of nitrogens with one attached hydrogen (secondary N) is 1. The normalized spacial score (nSPS) is 22.2. The van der Waals surface area contributed by atoms with Crippen molar-refractivity contribution in [3.05, 3.63) is 64.1 Å². The molecule has 0 aliphatic carbocycles. The molecule has 2 aromatic rings. The number of hydrazine groups is 1. The van der Waals surface area contributed by atoms with Gasteiger partial charge in [-0.15, -0.1) is 0 Å². The molecule has 2 aliphatic rings. The van der Waals surface area contributed by atoms with Gasteiger partial charge in [0.25, 0.3) is 5.91 Å². The number of benzene rings is 2. The van der Waals surface area contributed by atoms with Crippen molar-refractivity contribution >= 4 is 40.5 Å². The summed E-state index contributed by atoms with van der Waals surface area (Å²) in [5.41, 5.74) is 5.51. The average molecular weight is 459 g/mol. The highest BCUT2D eigenvalue weighted by molar-refractivity contribution is 6.40. The first-order valence-electron chi connectivity index (χ1n) is 11.0. The van der Waals surface area contributed by atoms with E-state index in [1.165, 1.54) is 12.8 Å². The Morgan fingerprint density at radius 2 is 1.71 bits per heavy atom. The van der Waals surface area contributed by atoms with Crippen molar-refractivity contribution in [2.45, 2.75) is 45.1 Å². The molecule has 0 bridgehead atoms. The molecule has 31 heavy (non-hydrogen) atoms. The Balaban J connectivity index is 1.68. The van der Waals surface area contributed by atoms with Crippen molar-refractivity contribution < 1.29 is 4.79 Å². The molecule has 2 aliphatic heterocycles. The summed E-state index contributed by atoms with van der Waals surface area (Å²) in [6.07, 6.45) is 5.40. The highest BCUT2D eigenvalue weighted by Gasteiger charge is 2.41. The number of para-hydroxylation sites is 1. The summed E-state index contributed by atoms with van der Waals surface area (Å²) in [4.78, 5) is 13.3. The van der Waals surface area contributed by atoms with Gasteiger partial charge < -0.3 is 0 Å². The van der Waals surface area contributed by atoms with Crippen LogP contribution < -0.4 is 10.4 Å². The standard InChI is InChI=1S/C24H28Cl2N4O/c1-2-19-22(24(31)28-29-15-7-3-4-8-16-29)27-30(21-10-6-5-9-20(21)26)23(19)17-11-13-18(25)14-12-17/h5-6,9-14,19,23H,2-4,7-8,15-16H2,1H3,(H,28,31)/t19-,23+/m0/s1. The number of nitrogens with zero attached hydrogens (tertiary/aromatic N) is 3. The van der Waals surface area contributed by atoms with E-state index in [1.807, 2.05) is 58.5 Å². The van der Waals surface area contributed by atoms with Crippen molar-refractivity contribution in [3.63, 3.8) is 0 Å². The number of hydrogen-bond donors (Lipinski definition) is 1. The number of rotatable bonds is 5. The molecule has 0 saturated carbocycles. The van der Waals surface area contributed by atoms with E-state index in [4.69, 9.17) is 28.3 Å². The lowest BCUT2D eigenvalue weighted by Gasteiger charge is -2.29. The fraction of sp³-hybridized carbons (Fsp3) is 0.417. The first-order chi connectivity index (χ1) is 15.1. The number of hydrogen-bond acceptors (Lipinski definition) is 4. The summed E-state index contributed by atoms with van der Waals surface area (Å²) in [6, 6.07) is 15.3. The molecule has 5 nitrogen and oxygen atoms in total. The van der Waals surface area contributed by atoms with Crippen LogP contribution in [0.2, 0.25) is 10.0 Å². The van der Waals surface area contributed by atoms with E-state index in [1.54, 1.807) is 0 Å². The number of carbonyl (C=O) groups is 1. The van der Waals surface area contributed by atoms with E-state index in [-0.39, 0.29) is 17.9 Å². The molecular weight excluding hydrogens is 431 g/mol. The third-order valence-corrected chi connectivity index (χ3v) is 6.63. The van der Waals surface area contributed by atoms with Gasteiger partial charge in [-0.25, -0.2) is 5.01 Å². The smallest absolute Gasteiger partial charge is 0.282 e. The number of amides is 1. The van der Waals surface area contributed by atoms with E-state index in [0.29, 0.717) is 15.8 Å². The second kappa shape index (κ2) is 10.0. The molecule has 2 aromatic carbocycles. The summed E-state index contributed by atoms with van der Waals surface area (Å²) < 4.78 is 0. The van der Waals surface area contributed by atoms with E-state index < -0.39 is 0 Å². The van der Waals surface area contributed by atoms with Gasteiger partial charge in [0.05, 0.1) is 16.8 Å². The molecule has 0 unspecified atom stereocenters. The fourth-order valence-corrected chi connectivity index (χ4v) is 4.81. The van der Waals surface area contributed by atoms with Crippen LogP contribution >= 0.6 is 23.2 Å². The predicted octanol–water partition coefficient (Wildman–Crippen LogP) is 5.84. The minimum atomic E-state index is -0.132. The van der Waals surface area contributed by atoms with E-state index in [0.717, 1.165) is 43.6 Å². The van der Waals surface area contributed by atoms with E-state index in [9.17, 15) is 4.79 Å². The van der Waals surface area contributed by atoms with Crippen molar-refractivity contribution in [2.24, 2.45) is 11.0 Å². The van der Waals surface area contributed by atoms with Crippen molar-refractivity contribution in [1.29, 1.82) is 0 Å². The Morgan fingerprint density at radius 1 is 1.03 bits per heavy atom. The van der Waals surface area contributed by atoms with Gasteiger partial charge >= 0.3 is 0 Å². The van der Waals surface area contributed by atoms with Crippen LogP contribution in [0.15, 0.2) is 53.6 Å². The zero-order valence-corrected chi connectivity index (χ0v) is 19.2. The molecule has 1 saturated heterocycles. The number of anilines is 1. The zero-order valence-electron chi connectivity index (χ0n) is 17.7. The van der Waals surface area contributed by atoms with Crippen LogP contribution in [-0.2, 0) is 4.79 Å². The molecule has 4 rings (SSSR count). The van der Waals surface area contributed by atoms with Crippen LogP contribution in [-0.4, -0.2) is 29.7 Å². The number of halogens is 2. The van der Waals surface area contributed by atoms with Gasteiger partial charge in [0, 0.05) is 24.0 Å². The van der Waals surface area contributed by atoms with Crippen LogP contribution in [0.1, 0.15) is 50.6 Å². The average Bonchev–Trinajstić information content (AvgIpc) is 2.97. The molecule has 1 amide bonds. The first kappa shape index (κ1) is 22.1. The van der Waals surface area contributed by atoms with Gasteiger partial charge in [0.1, 0.15) is 5.71 Å². The van der Waals surface area contributed by atoms with Crippen molar-refractivity contribution in [2.75, 3.05) is 18.1 Å². The maximum absolute atomic E-state index is 13.3. The largest absolute Gasteiger partial charge is 0.284 e. The van der Waals surface area contributed by atoms with Crippen molar-refractivity contribution in [1.82, 2.24) is 10.4 Å². The SMILES string of the molecule is CC[C@H]1C(C(=O)NN2CCCCCC2)=NN(c2ccccc2Cl)[C@@H]1c1ccc(Cl)cc1. The number of carbonyl (C=O) groups excluding carboxylic acids is 1. The molecule has 0 aromatic heterocycles. The Kier molecular flexibility index (Phi) is 7.16. The highest BCUT2D eigenvalue weighted by atomic mass is 35.5. The summed E-state index contributed by atoms with van der Waals surface area (Å²) in [7, 11) is 0. The third-order valence-electron chi connectivity index (χ3n) is 6.06. The van der Waals surface area contributed by atoms with Gasteiger partial charge in [0.2, 0.25) is 0 Å². The van der Waals surface area contributed by atoms with Crippen molar-refractivity contribution in [3.8, 4) is 0 Å². The van der Waals surface area contributed by atoms with E-state index >= 15 is 0 Å². The number of hydrazone groups is 1. The highest BCUT2D eigenvalue weighted by Crippen LogP contribution is 2.43. The molecule has 7 heteroatoms. The van der Waals surface area contributed by atoms with E-state index in [2.05, 4.69) is 12.3 Å². The Bertz CT molecular complexity index is 939. The summed E-state index contributed by atoms with van der Waals surface area (Å²) in [5, 5.41) is 10.1. The van der Waals surface area contributed by atoms with Gasteiger partial charge in [-0.05, 0) is 49.1 Å². The second-order valence-corrected chi connectivity index (χ2v) is 8.98. The monoisotopic (exact) mass is 458 g/mol. The third kappa shape index (κ3) is 4.89. The summed E-state index contributed by atoms with van der Waals surface area (Å²) in [6.45, 7) is 3.85. The topological polar surface area (TPSA) is 47.9 Å². The lowest BCUT2D eigenvalue weighted by molar-refractivity contribution is -0.119. The Hall–Kier alpha value is -2.08. The molecule has 1 fully saturated rings. The molecule has 164 valence electrons.